The maximum Gasteiger partial charge on any atom is 0.245 e. The fourth-order valence-electron chi connectivity index (χ4n) is 2.26. The molecule has 3 rings (SSSR count). The van der Waals surface area contributed by atoms with Crippen LogP contribution in [0.1, 0.15) is 12.8 Å². The van der Waals surface area contributed by atoms with E-state index in [-0.39, 0.29) is 0 Å². The molecule has 100 valence electrons. The number of anilines is 1. The van der Waals surface area contributed by atoms with E-state index in [0.717, 1.165) is 47.7 Å². The molecule has 0 unspecified atom stereocenters. The lowest BCUT2D eigenvalue weighted by atomic mass is 10.1. The zero-order chi connectivity index (χ0) is 13.2. The van der Waals surface area contributed by atoms with Crippen molar-refractivity contribution in [2.24, 2.45) is 5.73 Å². The molecule has 0 bridgehead atoms. The summed E-state index contributed by atoms with van der Waals surface area (Å²) in [6, 6.07) is 8.34. The van der Waals surface area contributed by atoms with E-state index >= 15 is 0 Å². The number of aromatic nitrogens is 3. The summed E-state index contributed by atoms with van der Waals surface area (Å²) >= 11 is 3.46. The molecule has 3 N–H and O–H groups in total. The highest BCUT2D eigenvalue weighted by molar-refractivity contribution is 9.10. The van der Waals surface area contributed by atoms with E-state index < -0.39 is 0 Å². The van der Waals surface area contributed by atoms with E-state index in [1.807, 2.05) is 24.3 Å². The number of benzene rings is 1. The van der Waals surface area contributed by atoms with Crippen LogP contribution in [-0.2, 0) is 0 Å². The highest BCUT2D eigenvalue weighted by Gasteiger charge is 2.19. The molecule has 0 spiro atoms. The number of nitrogens with two attached hydrogens (primary N) is 1. The SMILES string of the molecule is NC1CCN(c2n[nH]c(-c3cccc(Br)c3)n2)CC1. The first kappa shape index (κ1) is 12.6. The van der Waals surface area contributed by atoms with E-state index in [4.69, 9.17) is 5.73 Å². The molecule has 0 saturated carbocycles. The van der Waals surface area contributed by atoms with Gasteiger partial charge in [-0.2, -0.15) is 4.98 Å². The first-order chi connectivity index (χ1) is 9.22. The van der Waals surface area contributed by atoms with Crippen molar-refractivity contribution >= 4 is 21.9 Å². The largest absolute Gasteiger partial charge is 0.339 e. The van der Waals surface area contributed by atoms with Crippen molar-refractivity contribution < 1.29 is 0 Å². The quantitative estimate of drug-likeness (QED) is 0.889. The Balaban J connectivity index is 1.80. The van der Waals surface area contributed by atoms with Gasteiger partial charge in [-0.3, -0.25) is 5.10 Å². The smallest absolute Gasteiger partial charge is 0.245 e. The zero-order valence-electron chi connectivity index (χ0n) is 10.5. The highest BCUT2D eigenvalue weighted by Crippen LogP contribution is 2.22. The summed E-state index contributed by atoms with van der Waals surface area (Å²) in [5.41, 5.74) is 6.94. The molecule has 1 aromatic carbocycles. The lowest BCUT2D eigenvalue weighted by Crippen LogP contribution is -2.40. The van der Waals surface area contributed by atoms with Crippen molar-refractivity contribution in [3.63, 3.8) is 0 Å². The molecule has 2 aromatic rings. The van der Waals surface area contributed by atoms with Crippen LogP contribution in [0.4, 0.5) is 5.95 Å². The Hall–Kier alpha value is -1.40. The van der Waals surface area contributed by atoms with Crippen LogP contribution < -0.4 is 10.6 Å². The van der Waals surface area contributed by atoms with Crippen LogP contribution >= 0.6 is 15.9 Å². The minimum absolute atomic E-state index is 0.319. The van der Waals surface area contributed by atoms with E-state index in [1.165, 1.54) is 0 Å². The van der Waals surface area contributed by atoms with Gasteiger partial charge >= 0.3 is 0 Å². The lowest BCUT2D eigenvalue weighted by Gasteiger charge is -2.28. The summed E-state index contributed by atoms with van der Waals surface area (Å²) in [6.45, 7) is 1.86. The third-order valence-electron chi connectivity index (χ3n) is 3.39. The molecule has 1 aliphatic heterocycles. The first-order valence-electron chi connectivity index (χ1n) is 6.41. The van der Waals surface area contributed by atoms with Crippen molar-refractivity contribution in [3.05, 3.63) is 28.7 Å². The third-order valence-corrected chi connectivity index (χ3v) is 3.89. The minimum Gasteiger partial charge on any atom is -0.339 e. The number of nitrogens with zero attached hydrogens (tertiary/aromatic N) is 3. The van der Waals surface area contributed by atoms with Gasteiger partial charge in [-0.1, -0.05) is 28.1 Å². The van der Waals surface area contributed by atoms with E-state index in [2.05, 4.69) is 36.0 Å². The second kappa shape index (κ2) is 5.30. The van der Waals surface area contributed by atoms with Gasteiger partial charge in [0.05, 0.1) is 0 Å². The van der Waals surface area contributed by atoms with E-state index in [1.54, 1.807) is 0 Å². The Kier molecular flexibility index (Phi) is 3.52. The van der Waals surface area contributed by atoms with Crippen molar-refractivity contribution in [2.45, 2.75) is 18.9 Å². The zero-order valence-corrected chi connectivity index (χ0v) is 12.1. The van der Waals surface area contributed by atoms with Gasteiger partial charge in [-0.05, 0) is 25.0 Å². The van der Waals surface area contributed by atoms with Crippen LogP contribution in [0.2, 0.25) is 0 Å². The summed E-state index contributed by atoms with van der Waals surface area (Å²) in [6.07, 6.45) is 2.00. The highest BCUT2D eigenvalue weighted by atomic mass is 79.9. The Bertz CT molecular complexity index is 560. The second-order valence-corrected chi connectivity index (χ2v) is 5.73. The maximum absolute atomic E-state index is 5.91. The molecule has 0 atom stereocenters. The van der Waals surface area contributed by atoms with Crippen LogP contribution in [0, 0.1) is 0 Å². The Morgan fingerprint density at radius 2 is 2.11 bits per heavy atom. The number of aromatic amines is 1. The standard InChI is InChI=1S/C13H16BrN5/c14-10-3-1-2-9(8-10)12-16-13(18-17-12)19-6-4-11(15)5-7-19/h1-3,8,11H,4-7,15H2,(H,16,17,18). The van der Waals surface area contributed by atoms with Crippen molar-refractivity contribution in [3.8, 4) is 11.4 Å². The molecule has 0 amide bonds. The van der Waals surface area contributed by atoms with Crippen LogP contribution in [0.3, 0.4) is 0 Å². The van der Waals surface area contributed by atoms with Crippen LogP contribution in [0.15, 0.2) is 28.7 Å². The predicted molar refractivity (Wildman–Crippen MR) is 78.9 cm³/mol. The maximum atomic E-state index is 5.91. The van der Waals surface area contributed by atoms with Crippen LogP contribution in [0.5, 0.6) is 0 Å². The number of halogens is 1. The van der Waals surface area contributed by atoms with Gasteiger partial charge in [0.25, 0.3) is 0 Å². The summed E-state index contributed by atoms with van der Waals surface area (Å²) in [4.78, 5) is 6.75. The normalized spacial score (nSPS) is 16.8. The van der Waals surface area contributed by atoms with Gasteiger partial charge in [-0.25, -0.2) is 0 Å². The van der Waals surface area contributed by atoms with Crippen LogP contribution in [0.25, 0.3) is 11.4 Å². The van der Waals surface area contributed by atoms with Gasteiger partial charge in [0.1, 0.15) is 0 Å². The third kappa shape index (κ3) is 2.79. The molecular formula is C13H16BrN5. The minimum atomic E-state index is 0.319. The van der Waals surface area contributed by atoms with Crippen molar-refractivity contribution in [1.82, 2.24) is 15.2 Å². The topological polar surface area (TPSA) is 70.8 Å². The van der Waals surface area contributed by atoms with Gasteiger partial charge in [-0.15, -0.1) is 5.10 Å². The molecule has 2 heterocycles. The number of rotatable bonds is 2. The number of nitrogens with one attached hydrogen (secondary N) is 1. The molecule has 5 nitrogen and oxygen atoms in total. The fraction of sp³-hybridized carbons (Fsp3) is 0.385. The molecule has 1 aliphatic rings. The summed E-state index contributed by atoms with van der Waals surface area (Å²) in [7, 11) is 0. The summed E-state index contributed by atoms with van der Waals surface area (Å²) < 4.78 is 1.03. The molecule has 19 heavy (non-hydrogen) atoms. The van der Waals surface area contributed by atoms with Gasteiger partial charge < -0.3 is 10.6 Å². The molecule has 1 aromatic heterocycles. The van der Waals surface area contributed by atoms with Crippen molar-refractivity contribution in [2.75, 3.05) is 18.0 Å². The average molecular weight is 322 g/mol. The molecule has 1 fully saturated rings. The Morgan fingerprint density at radius 3 is 2.84 bits per heavy atom. The van der Waals surface area contributed by atoms with Crippen LogP contribution in [-0.4, -0.2) is 34.3 Å². The van der Waals surface area contributed by atoms with Gasteiger partial charge in [0.2, 0.25) is 5.95 Å². The average Bonchev–Trinajstić information content (AvgIpc) is 2.89. The summed E-state index contributed by atoms with van der Waals surface area (Å²) in [5, 5.41) is 7.31. The van der Waals surface area contributed by atoms with Crippen molar-refractivity contribution in [1.29, 1.82) is 0 Å². The predicted octanol–water partition coefficient (Wildman–Crippen LogP) is 2.16. The number of piperidine rings is 1. The fourth-order valence-corrected chi connectivity index (χ4v) is 2.66. The number of H-pyrrole nitrogens is 1. The Morgan fingerprint density at radius 1 is 1.32 bits per heavy atom. The lowest BCUT2D eigenvalue weighted by molar-refractivity contribution is 0.496. The number of hydrogen-bond acceptors (Lipinski definition) is 4. The molecular weight excluding hydrogens is 306 g/mol. The van der Waals surface area contributed by atoms with E-state index in [0.29, 0.717) is 6.04 Å². The first-order valence-corrected chi connectivity index (χ1v) is 7.20. The summed E-state index contributed by atoms with van der Waals surface area (Å²) in [5.74, 6) is 1.56. The molecule has 6 heteroatoms. The second-order valence-electron chi connectivity index (χ2n) is 4.82. The van der Waals surface area contributed by atoms with Gasteiger partial charge in [0, 0.05) is 29.2 Å². The molecule has 1 saturated heterocycles. The monoisotopic (exact) mass is 321 g/mol. The number of hydrogen-bond donors (Lipinski definition) is 2. The molecule has 0 aliphatic carbocycles. The Labute approximate surface area is 120 Å². The van der Waals surface area contributed by atoms with Gasteiger partial charge in [0.15, 0.2) is 5.82 Å². The van der Waals surface area contributed by atoms with E-state index in [9.17, 15) is 0 Å². The molecule has 0 radical (unpaired) electrons.